The van der Waals surface area contributed by atoms with Crippen molar-refractivity contribution in [3.63, 3.8) is 0 Å². The number of benzene rings is 1. The van der Waals surface area contributed by atoms with Gasteiger partial charge in [-0.2, -0.15) is 0 Å². The number of hydrogen-bond acceptors (Lipinski definition) is 8. The third-order valence-corrected chi connectivity index (χ3v) is 5.29. The number of nitrogens with zero attached hydrogens (tertiary/aromatic N) is 2. The predicted octanol–water partition coefficient (Wildman–Crippen LogP) is 1.12. The molecule has 3 N–H and O–H groups in total. The van der Waals surface area contributed by atoms with Crippen molar-refractivity contribution in [1.29, 1.82) is 0 Å². The fourth-order valence-electron chi connectivity index (χ4n) is 3.44. The van der Waals surface area contributed by atoms with Crippen molar-refractivity contribution in [3.05, 3.63) is 56.2 Å². The van der Waals surface area contributed by atoms with Gasteiger partial charge in [-0.1, -0.05) is 32.9 Å². The molecule has 0 unspecified atom stereocenters. The molecule has 11 nitrogen and oxygen atoms in total. The fourth-order valence-corrected chi connectivity index (χ4v) is 3.44. The van der Waals surface area contributed by atoms with Gasteiger partial charge in [0.25, 0.3) is 11.5 Å². The molecule has 0 bridgehead atoms. The number of ether oxygens (including phenoxy) is 2. The minimum absolute atomic E-state index is 0.212. The van der Waals surface area contributed by atoms with Crippen LogP contribution in [0.3, 0.4) is 0 Å². The van der Waals surface area contributed by atoms with Crippen molar-refractivity contribution in [2.45, 2.75) is 46.7 Å². The summed E-state index contributed by atoms with van der Waals surface area (Å²) in [6, 6.07) is 5.53. The highest BCUT2D eigenvalue weighted by atomic mass is 16.5. The van der Waals surface area contributed by atoms with Crippen molar-refractivity contribution >= 4 is 23.5 Å². The molecule has 0 aliphatic rings. The zero-order valence-corrected chi connectivity index (χ0v) is 20.6. The van der Waals surface area contributed by atoms with E-state index in [2.05, 4.69) is 5.32 Å². The number of carbonyl (C=O) groups excluding carboxylic acids is 3. The highest BCUT2D eigenvalue weighted by Gasteiger charge is 2.29. The Labute approximate surface area is 202 Å². The van der Waals surface area contributed by atoms with Gasteiger partial charge in [-0.25, -0.2) is 9.59 Å². The van der Waals surface area contributed by atoms with E-state index in [4.69, 9.17) is 15.2 Å². The molecule has 0 spiro atoms. The molecule has 11 heteroatoms. The van der Waals surface area contributed by atoms with Crippen molar-refractivity contribution in [3.8, 4) is 5.75 Å². The second-order valence-electron chi connectivity index (χ2n) is 8.21. The molecule has 190 valence electrons. The molecule has 35 heavy (non-hydrogen) atoms. The van der Waals surface area contributed by atoms with E-state index < -0.39 is 47.1 Å². The SMILES string of the molecule is CCCn1c(N)c(C(=O)COC(=O)[C@@H](NC(=O)c2ccccc2OCC)C(C)C)c(=O)n(C)c1=O. The molecule has 0 aliphatic carbocycles. The molecular weight excluding hydrogens is 456 g/mol. The van der Waals surface area contributed by atoms with Crippen LogP contribution < -0.4 is 27.0 Å². The summed E-state index contributed by atoms with van der Waals surface area (Å²) < 4.78 is 12.5. The van der Waals surface area contributed by atoms with Crippen LogP contribution >= 0.6 is 0 Å². The zero-order valence-electron chi connectivity index (χ0n) is 20.6. The Morgan fingerprint density at radius 1 is 1.11 bits per heavy atom. The lowest BCUT2D eigenvalue weighted by Crippen LogP contribution is -2.46. The third-order valence-electron chi connectivity index (χ3n) is 5.29. The number of esters is 1. The van der Waals surface area contributed by atoms with Gasteiger partial charge in [0.15, 0.2) is 6.61 Å². The second kappa shape index (κ2) is 12.0. The number of aromatic nitrogens is 2. The molecule has 1 amide bonds. The molecule has 0 saturated heterocycles. The Kier molecular flexibility index (Phi) is 9.38. The lowest BCUT2D eigenvalue weighted by molar-refractivity contribution is -0.145. The molecule has 1 aromatic carbocycles. The summed E-state index contributed by atoms with van der Waals surface area (Å²) in [6.07, 6.45) is 0.549. The number of para-hydroxylation sites is 1. The first kappa shape index (κ1) is 27.4. The number of ketones is 1. The molecule has 0 radical (unpaired) electrons. The van der Waals surface area contributed by atoms with Gasteiger partial charge in [0.05, 0.1) is 12.2 Å². The lowest BCUT2D eigenvalue weighted by Gasteiger charge is -2.21. The van der Waals surface area contributed by atoms with Gasteiger partial charge < -0.3 is 20.5 Å². The van der Waals surface area contributed by atoms with Gasteiger partial charge >= 0.3 is 11.7 Å². The number of anilines is 1. The summed E-state index contributed by atoms with van der Waals surface area (Å²) in [6.45, 7) is 6.80. The maximum Gasteiger partial charge on any atom is 0.332 e. The standard InChI is InChI=1S/C24H32N4O7/c1-6-12-28-20(25)18(22(31)27(5)24(28)33)16(29)13-35-23(32)19(14(3)4)26-21(30)15-10-8-9-11-17(15)34-7-2/h8-11,14,19H,6-7,12-13,25H2,1-5H3,(H,26,30)/t19-/m0/s1. The van der Waals surface area contributed by atoms with Crippen LogP contribution in [0.25, 0.3) is 0 Å². The number of rotatable bonds is 11. The average molecular weight is 489 g/mol. The molecule has 0 saturated carbocycles. The van der Waals surface area contributed by atoms with Crippen LogP contribution in [0.1, 0.15) is 54.8 Å². The Hall–Kier alpha value is -3.89. The highest BCUT2D eigenvalue weighted by molar-refractivity contribution is 6.02. The van der Waals surface area contributed by atoms with Crippen molar-refractivity contribution in [2.24, 2.45) is 13.0 Å². The van der Waals surface area contributed by atoms with Gasteiger partial charge in [0.2, 0.25) is 5.78 Å². The number of nitrogens with two attached hydrogens (primary N) is 1. The van der Waals surface area contributed by atoms with Gasteiger partial charge in [-0.15, -0.1) is 0 Å². The first-order chi connectivity index (χ1) is 16.5. The fraction of sp³-hybridized carbons (Fsp3) is 0.458. The molecule has 1 heterocycles. The Morgan fingerprint density at radius 2 is 1.77 bits per heavy atom. The maximum atomic E-state index is 12.8. The summed E-state index contributed by atoms with van der Waals surface area (Å²) in [4.78, 5) is 63.2. The van der Waals surface area contributed by atoms with Crippen molar-refractivity contribution < 1.29 is 23.9 Å². The predicted molar refractivity (Wildman–Crippen MR) is 130 cm³/mol. The van der Waals surface area contributed by atoms with Crippen molar-refractivity contribution in [1.82, 2.24) is 14.5 Å². The molecule has 2 aromatic rings. The second-order valence-corrected chi connectivity index (χ2v) is 8.21. The van der Waals surface area contributed by atoms with Crippen LogP contribution in [-0.4, -0.2) is 46.0 Å². The smallest absolute Gasteiger partial charge is 0.332 e. The van der Waals surface area contributed by atoms with Crippen LogP contribution in [0.15, 0.2) is 33.9 Å². The lowest BCUT2D eigenvalue weighted by atomic mass is 10.0. The van der Waals surface area contributed by atoms with Crippen LogP contribution in [0.4, 0.5) is 5.82 Å². The number of nitrogen functional groups attached to an aromatic ring is 1. The normalized spacial score (nSPS) is 11.7. The van der Waals surface area contributed by atoms with E-state index in [1.165, 1.54) is 7.05 Å². The quantitative estimate of drug-likeness (QED) is 0.353. The minimum atomic E-state index is -1.07. The first-order valence-corrected chi connectivity index (χ1v) is 11.4. The van der Waals surface area contributed by atoms with Crippen LogP contribution in [0, 0.1) is 5.92 Å². The van der Waals surface area contributed by atoms with E-state index in [1.54, 1.807) is 45.0 Å². The van der Waals surface area contributed by atoms with E-state index in [1.807, 2.05) is 6.92 Å². The third kappa shape index (κ3) is 6.17. The largest absolute Gasteiger partial charge is 0.493 e. The van der Waals surface area contributed by atoms with Crippen LogP contribution in [0.5, 0.6) is 5.75 Å². The van der Waals surface area contributed by atoms with Gasteiger partial charge in [0.1, 0.15) is 23.2 Å². The molecule has 2 rings (SSSR count). The Morgan fingerprint density at radius 3 is 2.37 bits per heavy atom. The number of carbonyl (C=O) groups is 3. The van der Waals surface area contributed by atoms with E-state index in [9.17, 15) is 24.0 Å². The van der Waals surface area contributed by atoms with Gasteiger partial charge in [0, 0.05) is 13.6 Å². The van der Waals surface area contributed by atoms with Crippen molar-refractivity contribution in [2.75, 3.05) is 18.9 Å². The number of Topliss-reactive ketones (excluding diaryl/α,β-unsaturated/α-hetero) is 1. The van der Waals surface area contributed by atoms with Crippen LogP contribution in [-0.2, 0) is 23.1 Å². The monoisotopic (exact) mass is 488 g/mol. The summed E-state index contributed by atoms with van der Waals surface area (Å²) in [5.74, 6) is -2.52. The maximum absolute atomic E-state index is 12.8. The van der Waals surface area contributed by atoms with E-state index in [-0.39, 0.29) is 23.8 Å². The first-order valence-electron chi connectivity index (χ1n) is 11.4. The minimum Gasteiger partial charge on any atom is -0.493 e. The summed E-state index contributed by atoms with van der Waals surface area (Å²) >= 11 is 0. The Bertz CT molecular complexity index is 1210. The molecular formula is C24H32N4O7. The topological polar surface area (TPSA) is 152 Å². The number of nitrogens with one attached hydrogen (secondary N) is 1. The van der Waals surface area contributed by atoms with Gasteiger partial charge in [-0.05, 0) is 31.4 Å². The molecule has 0 aliphatic heterocycles. The molecule has 1 atom stereocenters. The number of hydrogen-bond donors (Lipinski definition) is 2. The van der Waals surface area contributed by atoms with E-state index in [0.717, 1.165) is 9.13 Å². The summed E-state index contributed by atoms with van der Waals surface area (Å²) in [5.41, 5.74) is 4.25. The summed E-state index contributed by atoms with van der Waals surface area (Å²) in [7, 11) is 1.24. The molecule has 1 aromatic heterocycles. The Balaban J connectivity index is 2.21. The van der Waals surface area contributed by atoms with Crippen LogP contribution in [0.2, 0.25) is 0 Å². The van der Waals surface area contributed by atoms with Gasteiger partial charge in [-0.3, -0.25) is 23.5 Å². The summed E-state index contributed by atoms with van der Waals surface area (Å²) in [5, 5.41) is 2.62. The number of amides is 1. The zero-order chi connectivity index (χ0) is 26.3. The molecule has 0 fully saturated rings. The van der Waals surface area contributed by atoms with E-state index in [0.29, 0.717) is 18.8 Å². The van der Waals surface area contributed by atoms with E-state index >= 15 is 0 Å². The highest BCUT2D eigenvalue weighted by Crippen LogP contribution is 2.18. The average Bonchev–Trinajstić information content (AvgIpc) is 2.82.